The molecule has 1 fully saturated rings. The number of rotatable bonds is 5. The summed E-state index contributed by atoms with van der Waals surface area (Å²) in [7, 11) is 0. The summed E-state index contributed by atoms with van der Waals surface area (Å²) in [4.78, 5) is 2.61. The van der Waals surface area contributed by atoms with Crippen LogP contribution in [0.15, 0.2) is 30.0 Å². The third kappa shape index (κ3) is 3.89. The van der Waals surface area contributed by atoms with Crippen LogP contribution in [0.4, 0.5) is 5.69 Å². The van der Waals surface area contributed by atoms with Crippen molar-refractivity contribution in [3.63, 3.8) is 0 Å². The Hall–Kier alpha value is -0.930. The van der Waals surface area contributed by atoms with E-state index in [-0.39, 0.29) is 5.41 Å². The number of hydrogen-bond acceptors (Lipinski definition) is 2. The van der Waals surface area contributed by atoms with Crippen LogP contribution in [-0.4, -0.2) is 35.0 Å². The highest BCUT2D eigenvalue weighted by Crippen LogP contribution is 2.49. The zero-order valence-corrected chi connectivity index (χ0v) is 19.2. The zero-order valence-electron chi connectivity index (χ0n) is 17.6. The molecule has 1 aromatic rings. The molecule has 2 nitrogen and oxygen atoms in total. The average Bonchev–Trinajstić information content (AvgIpc) is 3.23. The molecule has 0 aromatic heterocycles. The standard InChI is InChI=1S/C24H34ClN2S/c1-4-26-14-15-28-23(26)17-22-24(2,3)20-16-19(25)10-11-21(20)27(22)13-12-18-8-6-5-7-9-18/h10-11,16-18H,4-9,12-15H2,1-3H3/q+1. The fourth-order valence-corrected chi connectivity index (χ4v) is 6.45. The monoisotopic (exact) mass is 417 g/mol. The van der Waals surface area contributed by atoms with E-state index in [1.54, 1.807) is 0 Å². The minimum Gasteiger partial charge on any atom is -0.344 e. The molecule has 1 aromatic carbocycles. The van der Waals surface area contributed by atoms with Crippen molar-refractivity contribution in [1.29, 1.82) is 0 Å². The Balaban J connectivity index is 1.69. The lowest BCUT2D eigenvalue weighted by Crippen LogP contribution is -2.29. The van der Waals surface area contributed by atoms with Gasteiger partial charge in [-0.1, -0.05) is 69.3 Å². The summed E-state index contributed by atoms with van der Waals surface area (Å²) in [6, 6.07) is 6.49. The molecule has 28 heavy (non-hydrogen) atoms. The van der Waals surface area contributed by atoms with Crippen LogP contribution in [-0.2, 0) is 5.41 Å². The topological polar surface area (TPSA) is 6.25 Å². The fourth-order valence-electron chi connectivity index (χ4n) is 5.16. The van der Waals surface area contributed by atoms with Gasteiger partial charge in [-0.2, -0.15) is 0 Å². The van der Waals surface area contributed by atoms with Gasteiger partial charge in [0.2, 0.25) is 5.04 Å². The van der Waals surface area contributed by atoms with Crippen LogP contribution in [0.25, 0.3) is 0 Å². The second-order valence-electron chi connectivity index (χ2n) is 9.03. The summed E-state index contributed by atoms with van der Waals surface area (Å²) >= 11 is 8.41. The highest BCUT2D eigenvalue weighted by molar-refractivity contribution is 8.14. The van der Waals surface area contributed by atoms with Gasteiger partial charge in [0.25, 0.3) is 0 Å². The third-order valence-corrected chi connectivity index (χ3v) is 8.20. The molecule has 0 unspecified atom stereocenters. The molecular formula is C24H34ClN2S+. The van der Waals surface area contributed by atoms with Crippen LogP contribution in [0.3, 0.4) is 0 Å². The zero-order chi connectivity index (χ0) is 19.7. The number of halogens is 1. The Morgan fingerprint density at radius 3 is 2.79 bits per heavy atom. The van der Waals surface area contributed by atoms with Gasteiger partial charge < -0.3 is 4.90 Å². The quantitative estimate of drug-likeness (QED) is 0.506. The van der Waals surface area contributed by atoms with Crippen LogP contribution in [0.1, 0.15) is 64.9 Å². The maximum atomic E-state index is 6.41. The number of thioether (sulfide) groups is 1. The molecule has 0 amide bonds. The molecular weight excluding hydrogens is 384 g/mol. The molecule has 0 saturated heterocycles. The van der Waals surface area contributed by atoms with E-state index in [9.17, 15) is 0 Å². The summed E-state index contributed by atoms with van der Waals surface area (Å²) in [6.45, 7) is 10.4. The van der Waals surface area contributed by atoms with E-state index in [0.717, 1.165) is 24.0 Å². The highest BCUT2D eigenvalue weighted by atomic mass is 35.5. The lowest BCUT2D eigenvalue weighted by atomic mass is 9.83. The van der Waals surface area contributed by atoms with Crippen molar-refractivity contribution < 1.29 is 4.58 Å². The van der Waals surface area contributed by atoms with E-state index in [4.69, 9.17) is 11.6 Å². The predicted octanol–water partition coefficient (Wildman–Crippen LogP) is 6.47. The van der Waals surface area contributed by atoms with Gasteiger partial charge in [-0.3, -0.25) is 0 Å². The summed E-state index contributed by atoms with van der Waals surface area (Å²) in [5.74, 6) is 2.10. The Morgan fingerprint density at radius 1 is 1.25 bits per heavy atom. The third-order valence-electron chi connectivity index (χ3n) is 6.90. The van der Waals surface area contributed by atoms with Gasteiger partial charge in [0.1, 0.15) is 6.54 Å². The van der Waals surface area contributed by atoms with Crippen molar-refractivity contribution in [3.05, 3.63) is 40.6 Å². The molecule has 1 aliphatic carbocycles. The average molecular weight is 418 g/mol. The van der Waals surface area contributed by atoms with Gasteiger partial charge in [0.05, 0.1) is 5.75 Å². The molecule has 0 radical (unpaired) electrons. The lowest BCUT2D eigenvalue weighted by molar-refractivity contribution is -0.513. The minimum absolute atomic E-state index is 0.0115. The molecule has 152 valence electrons. The van der Waals surface area contributed by atoms with E-state index >= 15 is 0 Å². The largest absolute Gasteiger partial charge is 0.344 e. The summed E-state index contributed by atoms with van der Waals surface area (Å²) in [5.41, 5.74) is 4.18. The Labute approximate surface area is 180 Å². The van der Waals surface area contributed by atoms with Crippen LogP contribution in [0, 0.1) is 5.92 Å². The van der Waals surface area contributed by atoms with Crippen LogP contribution in [0.5, 0.6) is 0 Å². The molecule has 0 N–H and O–H groups in total. The fraction of sp³-hybridized carbons (Fsp3) is 0.625. The van der Waals surface area contributed by atoms with E-state index in [2.05, 4.69) is 54.5 Å². The Kier molecular flexibility index (Phi) is 6.13. The van der Waals surface area contributed by atoms with Gasteiger partial charge in [-0.05, 0) is 43.0 Å². The number of benzene rings is 1. The summed E-state index contributed by atoms with van der Waals surface area (Å²) in [6.07, 6.45) is 10.9. The first kappa shape index (κ1) is 20.3. The first-order chi connectivity index (χ1) is 13.5. The maximum absolute atomic E-state index is 6.41. The molecule has 0 spiro atoms. The van der Waals surface area contributed by atoms with E-state index in [1.807, 2.05) is 11.8 Å². The summed E-state index contributed by atoms with van der Waals surface area (Å²) < 4.78 is 2.52. The van der Waals surface area contributed by atoms with Gasteiger partial charge in [0.15, 0.2) is 6.54 Å². The Bertz CT molecular complexity index is 790. The maximum Gasteiger partial charge on any atom is 0.236 e. The molecule has 1 saturated carbocycles. The molecule has 0 bridgehead atoms. The molecule has 3 aliphatic rings. The van der Waals surface area contributed by atoms with Crippen molar-refractivity contribution in [1.82, 2.24) is 0 Å². The normalized spacial score (nSPS) is 23.7. The van der Waals surface area contributed by atoms with E-state index < -0.39 is 0 Å². The van der Waals surface area contributed by atoms with Crippen LogP contribution >= 0.6 is 23.4 Å². The van der Waals surface area contributed by atoms with Crippen LogP contribution < -0.4 is 4.90 Å². The van der Waals surface area contributed by atoms with Crippen molar-refractivity contribution >= 4 is 34.1 Å². The first-order valence-electron chi connectivity index (χ1n) is 11.0. The van der Waals surface area contributed by atoms with Crippen molar-refractivity contribution in [3.8, 4) is 0 Å². The second-order valence-corrected chi connectivity index (χ2v) is 10.6. The molecule has 0 atom stereocenters. The number of hydrogen-bond donors (Lipinski definition) is 0. The number of fused-ring (bicyclic) bond motifs is 1. The van der Waals surface area contributed by atoms with Crippen molar-refractivity contribution in [2.24, 2.45) is 5.92 Å². The van der Waals surface area contributed by atoms with Gasteiger partial charge in [-0.15, -0.1) is 0 Å². The van der Waals surface area contributed by atoms with Gasteiger partial charge >= 0.3 is 0 Å². The molecule has 2 aliphatic heterocycles. The van der Waals surface area contributed by atoms with Crippen molar-refractivity contribution in [2.45, 2.75) is 64.7 Å². The van der Waals surface area contributed by atoms with E-state index in [1.165, 1.54) is 72.8 Å². The minimum atomic E-state index is -0.0115. The molecule has 4 rings (SSSR count). The lowest BCUT2D eigenvalue weighted by Gasteiger charge is -2.29. The Morgan fingerprint density at radius 2 is 2.04 bits per heavy atom. The van der Waals surface area contributed by atoms with Gasteiger partial charge in [-0.25, -0.2) is 4.58 Å². The number of allylic oxidation sites excluding steroid dienone is 1. The first-order valence-corrected chi connectivity index (χ1v) is 12.4. The van der Waals surface area contributed by atoms with E-state index in [0.29, 0.717) is 0 Å². The number of nitrogens with zero attached hydrogens (tertiary/aromatic N) is 2. The smallest absolute Gasteiger partial charge is 0.236 e. The molecule has 2 heterocycles. The summed E-state index contributed by atoms with van der Waals surface area (Å²) in [5, 5.41) is 2.28. The second kappa shape index (κ2) is 8.44. The predicted molar refractivity (Wildman–Crippen MR) is 124 cm³/mol. The van der Waals surface area contributed by atoms with Crippen molar-refractivity contribution in [2.75, 3.05) is 30.3 Å². The molecule has 4 heteroatoms. The number of anilines is 1. The van der Waals surface area contributed by atoms with Gasteiger partial charge in [0, 0.05) is 34.4 Å². The SMILES string of the molecule is CC[N+]1=C(C=C2N(CCC3CCCCC3)c3ccc(Cl)cc3C2(C)C)SCC1. The highest BCUT2D eigenvalue weighted by Gasteiger charge is 2.41. The van der Waals surface area contributed by atoms with Crippen LogP contribution in [0.2, 0.25) is 5.02 Å².